The molecule has 0 radical (unpaired) electrons. The molecule has 5 nitrogen and oxygen atoms in total. The molecule has 0 unspecified atom stereocenters. The first-order valence-corrected chi connectivity index (χ1v) is 7.33. The zero-order chi connectivity index (χ0) is 16.9. The molecule has 2 aromatic carbocycles. The first-order chi connectivity index (χ1) is 11.6. The molecule has 3 rings (SSSR count). The van der Waals surface area contributed by atoms with Crippen LogP contribution in [0.5, 0.6) is 0 Å². The molecule has 0 aliphatic heterocycles. The second-order valence-corrected chi connectivity index (χ2v) is 5.27. The number of nitrogens with one attached hydrogen (secondary N) is 2. The highest BCUT2D eigenvalue weighted by Crippen LogP contribution is 2.21. The first kappa shape index (κ1) is 15.6. The molecule has 0 saturated carbocycles. The van der Waals surface area contributed by atoms with Gasteiger partial charge in [-0.3, -0.25) is 9.89 Å². The predicted octanol–water partition coefficient (Wildman–Crippen LogP) is 3.29. The minimum absolute atomic E-state index is 0.297. The van der Waals surface area contributed by atoms with Crippen molar-refractivity contribution in [1.29, 1.82) is 0 Å². The Morgan fingerprint density at radius 3 is 2.58 bits per heavy atom. The van der Waals surface area contributed by atoms with Crippen LogP contribution < -0.4 is 5.43 Å². The number of aryl methyl sites for hydroxylation is 1. The highest BCUT2D eigenvalue weighted by Gasteiger charge is 2.07. The summed E-state index contributed by atoms with van der Waals surface area (Å²) in [7, 11) is 0. The Bertz CT molecular complexity index is 867. The maximum Gasteiger partial charge on any atom is 0.271 e. The minimum Gasteiger partial charge on any atom is -0.276 e. The molecule has 24 heavy (non-hydrogen) atoms. The van der Waals surface area contributed by atoms with Crippen molar-refractivity contribution in [2.24, 2.45) is 5.10 Å². The highest BCUT2D eigenvalue weighted by molar-refractivity contribution is 5.95. The fraction of sp³-hybridized carbons (Fsp3) is 0.0556. The van der Waals surface area contributed by atoms with E-state index in [4.69, 9.17) is 0 Å². The van der Waals surface area contributed by atoms with Crippen LogP contribution >= 0.6 is 0 Å². The molecule has 120 valence electrons. The Balaban J connectivity index is 1.71. The number of nitrogens with zero attached hydrogens (tertiary/aromatic N) is 2. The summed E-state index contributed by atoms with van der Waals surface area (Å²) in [5.74, 6) is -0.600. The quantitative estimate of drug-likeness (QED) is 0.571. The van der Waals surface area contributed by atoms with E-state index in [9.17, 15) is 9.18 Å². The number of hydrazone groups is 1. The Morgan fingerprint density at radius 2 is 1.88 bits per heavy atom. The molecule has 0 spiro atoms. The van der Waals surface area contributed by atoms with Crippen molar-refractivity contribution in [3.05, 3.63) is 77.4 Å². The topological polar surface area (TPSA) is 70.1 Å². The Kier molecular flexibility index (Phi) is 4.47. The van der Waals surface area contributed by atoms with Gasteiger partial charge in [0.05, 0.1) is 18.1 Å². The third-order valence-electron chi connectivity index (χ3n) is 3.50. The fourth-order valence-electron chi connectivity index (χ4n) is 2.18. The minimum atomic E-state index is -0.303. The molecule has 3 aromatic rings. The normalized spacial score (nSPS) is 10.9. The average Bonchev–Trinajstić information content (AvgIpc) is 3.04. The number of carbonyl (C=O) groups is 1. The molecule has 0 saturated heterocycles. The maximum atomic E-state index is 13.0. The summed E-state index contributed by atoms with van der Waals surface area (Å²) in [4.78, 5) is 12.0. The van der Waals surface area contributed by atoms with Gasteiger partial charge in [0.15, 0.2) is 0 Å². The van der Waals surface area contributed by atoms with E-state index in [1.165, 1.54) is 18.3 Å². The second kappa shape index (κ2) is 6.87. The van der Waals surface area contributed by atoms with Gasteiger partial charge in [-0.15, -0.1) is 0 Å². The van der Waals surface area contributed by atoms with Gasteiger partial charge in [0.25, 0.3) is 5.91 Å². The second-order valence-electron chi connectivity index (χ2n) is 5.27. The predicted molar refractivity (Wildman–Crippen MR) is 90.2 cm³/mol. The lowest BCUT2D eigenvalue weighted by Gasteiger charge is -2.01. The third-order valence-corrected chi connectivity index (χ3v) is 3.50. The number of hydrogen-bond acceptors (Lipinski definition) is 3. The van der Waals surface area contributed by atoms with Gasteiger partial charge >= 0.3 is 0 Å². The van der Waals surface area contributed by atoms with E-state index in [2.05, 4.69) is 20.7 Å². The van der Waals surface area contributed by atoms with Crippen molar-refractivity contribution < 1.29 is 9.18 Å². The van der Waals surface area contributed by atoms with Crippen LogP contribution in [0.25, 0.3) is 11.1 Å². The van der Waals surface area contributed by atoms with Crippen molar-refractivity contribution in [2.45, 2.75) is 6.92 Å². The van der Waals surface area contributed by atoms with Crippen molar-refractivity contribution in [1.82, 2.24) is 15.6 Å². The van der Waals surface area contributed by atoms with E-state index in [0.717, 1.165) is 16.7 Å². The summed E-state index contributed by atoms with van der Waals surface area (Å²) in [5.41, 5.74) is 6.26. The Labute approximate surface area is 138 Å². The van der Waals surface area contributed by atoms with Crippen LogP contribution in [0.4, 0.5) is 4.39 Å². The number of amides is 1. The zero-order valence-electron chi connectivity index (χ0n) is 13.0. The Hall–Kier alpha value is -3.28. The Morgan fingerprint density at radius 1 is 1.17 bits per heavy atom. The van der Waals surface area contributed by atoms with Crippen LogP contribution in [0.3, 0.4) is 0 Å². The number of rotatable bonds is 4. The number of aromatic nitrogens is 2. The number of carbonyl (C=O) groups excluding carboxylic acids is 1. The monoisotopic (exact) mass is 322 g/mol. The van der Waals surface area contributed by atoms with Gasteiger partial charge in [0.2, 0.25) is 0 Å². The SMILES string of the molecule is Cc1ccc(C(=O)N/N=C/c2[nH]ncc2-c2ccc(F)cc2)cc1. The van der Waals surface area contributed by atoms with Crippen molar-refractivity contribution in [3.63, 3.8) is 0 Å². The van der Waals surface area contributed by atoms with Crippen LogP contribution in [-0.2, 0) is 0 Å². The van der Waals surface area contributed by atoms with E-state index in [1.54, 1.807) is 30.5 Å². The lowest BCUT2D eigenvalue weighted by atomic mass is 10.1. The van der Waals surface area contributed by atoms with Gasteiger partial charge in [0.1, 0.15) is 5.82 Å². The van der Waals surface area contributed by atoms with E-state index in [0.29, 0.717) is 11.3 Å². The molecule has 0 atom stereocenters. The number of aromatic amines is 1. The third kappa shape index (κ3) is 3.55. The van der Waals surface area contributed by atoms with Gasteiger partial charge < -0.3 is 0 Å². The van der Waals surface area contributed by atoms with E-state index >= 15 is 0 Å². The lowest BCUT2D eigenvalue weighted by molar-refractivity contribution is 0.0955. The van der Waals surface area contributed by atoms with Crippen LogP contribution in [0.2, 0.25) is 0 Å². The average molecular weight is 322 g/mol. The standard InChI is InChI=1S/C18H15FN4O/c1-12-2-4-14(5-3-12)18(24)23-21-11-17-16(10-20-22-17)13-6-8-15(19)9-7-13/h2-11H,1H3,(H,20,22)(H,23,24)/b21-11+. The summed E-state index contributed by atoms with van der Waals surface area (Å²) >= 11 is 0. The number of halogens is 1. The zero-order valence-corrected chi connectivity index (χ0v) is 13.0. The maximum absolute atomic E-state index is 13.0. The molecule has 0 bridgehead atoms. The fourth-order valence-corrected chi connectivity index (χ4v) is 2.18. The first-order valence-electron chi connectivity index (χ1n) is 7.33. The van der Waals surface area contributed by atoms with Crippen LogP contribution in [0, 0.1) is 12.7 Å². The van der Waals surface area contributed by atoms with Gasteiger partial charge in [-0.1, -0.05) is 29.8 Å². The van der Waals surface area contributed by atoms with E-state index in [-0.39, 0.29) is 11.7 Å². The van der Waals surface area contributed by atoms with Crippen LogP contribution in [0.1, 0.15) is 21.6 Å². The molecule has 0 aliphatic rings. The van der Waals surface area contributed by atoms with Gasteiger partial charge in [-0.2, -0.15) is 10.2 Å². The molecular weight excluding hydrogens is 307 g/mol. The summed E-state index contributed by atoms with van der Waals surface area (Å²) in [6.07, 6.45) is 3.09. The molecular formula is C18H15FN4O. The summed E-state index contributed by atoms with van der Waals surface area (Å²) in [6.45, 7) is 1.95. The molecule has 6 heteroatoms. The van der Waals surface area contributed by atoms with E-state index < -0.39 is 0 Å². The van der Waals surface area contributed by atoms with Gasteiger partial charge in [-0.05, 0) is 36.8 Å². The van der Waals surface area contributed by atoms with Crippen LogP contribution in [-0.4, -0.2) is 22.3 Å². The summed E-state index contributed by atoms with van der Waals surface area (Å²) in [6, 6.07) is 13.3. The molecule has 0 aliphatic carbocycles. The van der Waals surface area contributed by atoms with Gasteiger partial charge in [-0.25, -0.2) is 9.82 Å². The highest BCUT2D eigenvalue weighted by atomic mass is 19.1. The molecule has 2 N–H and O–H groups in total. The van der Waals surface area contributed by atoms with Crippen LogP contribution in [0.15, 0.2) is 59.8 Å². The number of H-pyrrole nitrogens is 1. The molecule has 1 amide bonds. The lowest BCUT2D eigenvalue weighted by Crippen LogP contribution is -2.17. The van der Waals surface area contributed by atoms with Gasteiger partial charge in [0, 0.05) is 11.1 Å². The van der Waals surface area contributed by atoms with Crippen molar-refractivity contribution in [3.8, 4) is 11.1 Å². The van der Waals surface area contributed by atoms with Crippen molar-refractivity contribution >= 4 is 12.1 Å². The van der Waals surface area contributed by atoms with E-state index in [1.807, 2.05) is 19.1 Å². The molecule has 1 heterocycles. The number of benzene rings is 2. The smallest absolute Gasteiger partial charge is 0.271 e. The summed E-state index contributed by atoms with van der Waals surface area (Å²) in [5, 5.41) is 10.7. The summed E-state index contributed by atoms with van der Waals surface area (Å²) < 4.78 is 13.0. The van der Waals surface area contributed by atoms with Crippen molar-refractivity contribution in [2.75, 3.05) is 0 Å². The number of hydrogen-bond donors (Lipinski definition) is 2. The largest absolute Gasteiger partial charge is 0.276 e. The molecule has 0 fully saturated rings. The molecule has 1 aromatic heterocycles.